The van der Waals surface area contributed by atoms with Gasteiger partial charge in [0.2, 0.25) is 0 Å². The van der Waals surface area contributed by atoms with Crippen LogP contribution < -0.4 is 5.73 Å². The van der Waals surface area contributed by atoms with Gasteiger partial charge in [-0.15, -0.1) is 0 Å². The summed E-state index contributed by atoms with van der Waals surface area (Å²) < 4.78 is 0. The molecule has 1 heterocycles. The summed E-state index contributed by atoms with van der Waals surface area (Å²) >= 11 is 12.8. The first-order valence-electron chi connectivity index (χ1n) is 16.5. The van der Waals surface area contributed by atoms with E-state index in [1.54, 1.807) is 0 Å². The first-order valence-corrected chi connectivity index (χ1v) is 17.3. The average Bonchev–Trinajstić information content (AvgIpc) is 2.99. The number of hydrogen-bond acceptors (Lipinski definition) is 6. The second-order valence-corrected chi connectivity index (χ2v) is 14.4. The number of Topliss-reactive ketones (excluding diaryl/α,β-unsaturated/α-hetero) is 1. The summed E-state index contributed by atoms with van der Waals surface area (Å²) in [5.41, 5.74) is 7.74. The highest BCUT2D eigenvalue weighted by Gasteiger charge is 2.36. The number of ketones is 1. The van der Waals surface area contributed by atoms with E-state index in [0.29, 0.717) is 36.1 Å². The van der Waals surface area contributed by atoms with Crippen LogP contribution in [0.2, 0.25) is 10.0 Å². The fourth-order valence-electron chi connectivity index (χ4n) is 6.72. The monoisotopic (exact) mass is 653 g/mol. The van der Waals surface area contributed by atoms with E-state index in [2.05, 4.69) is 84.9 Å². The Balaban J connectivity index is 1.55. The number of benzene rings is 3. The second-order valence-electron chi connectivity index (χ2n) is 13.6. The quantitative estimate of drug-likeness (QED) is 0.176. The molecule has 246 valence electrons. The minimum atomic E-state index is 0.202. The lowest BCUT2D eigenvalue weighted by atomic mass is 9.93. The van der Waals surface area contributed by atoms with Crippen LogP contribution in [0, 0.1) is 5.92 Å². The van der Waals surface area contributed by atoms with Crippen LogP contribution in [-0.2, 0) is 6.42 Å². The maximum absolute atomic E-state index is 13.8. The van der Waals surface area contributed by atoms with Crippen LogP contribution in [0.1, 0.15) is 49.0 Å². The third-order valence-corrected chi connectivity index (χ3v) is 9.91. The predicted molar refractivity (Wildman–Crippen MR) is 192 cm³/mol. The van der Waals surface area contributed by atoms with E-state index in [9.17, 15) is 4.79 Å². The standard InChI is InChI=1S/C37H53Cl2N5O/c1-27(2)19-35-25-43(24-34(41(3)4)21-30-14-15-32(38)22-36(30)39)33(11-8-17-42(5)18-16-40)23-44(35)26-37(45)31-13-12-28-9-6-7-10-29(28)20-31/h6-7,9-10,12-15,20,22,27,33-35H,8,11,16-19,21,23-26,40H2,1-5H3/t33-,34+,35+/m0/s1. The number of fused-ring (bicyclic) bond motifs is 1. The van der Waals surface area contributed by atoms with Gasteiger partial charge in [-0.2, -0.15) is 0 Å². The molecule has 3 aromatic rings. The van der Waals surface area contributed by atoms with Crippen molar-refractivity contribution < 1.29 is 4.79 Å². The molecule has 0 bridgehead atoms. The zero-order chi connectivity index (χ0) is 32.5. The largest absolute Gasteiger partial charge is 0.329 e. The Hall–Kier alpha value is -2.03. The first kappa shape index (κ1) is 35.8. The van der Waals surface area contributed by atoms with Gasteiger partial charge in [0.05, 0.1) is 6.54 Å². The molecule has 2 N–H and O–H groups in total. The van der Waals surface area contributed by atoms with E-state index < -0.39 is 0 Å². The smallest absolute Gasteiger partial charge is 0.176 e. The number of carbonyl (C=O) groups excluding carboxylic acids is 1. The van der Waals surface area contributed by atoms with Gasteiger partial charge in [-0.3, -0.25) is 14.6 Å². The van der Waals surface area contributed by atoms with Gasteiger partial charge < -0.3 is 15.5 Å². The number of rotatable bonds is 16. The minimum absolute atomic E-state index is 0.202. The minimum Gasteiger partial charge on any atom is -0.329 e. The molecule has 0 saturated carbocycles. The number of nitrogens with zero attached hydrogens (tertiary/aromatic N) is 4. The molecule has 0 spiro atoms. The molecule has 0 radical (unpaired) electrons. The van der Waals surface area contributed by atoms with Gasteiger partial charge in [-0.05, 0) is 93.8 Å². The van der Waals surface area contributed by atoms with Crippen LogP contribution in [0.15, 0.2) is 60.7 Å². The number of likely N-dealkylation sites (N-methyl/N-ethyl adjacent to an activating group) is 2. The van der Waals surface area contributed by atoms with Crippen LogP contribution in [0.5, 0.6) is 0 Å². The molecule has 1 saturated heterocycles. The predicted octanol–water partition coefficient (Wildman–Crippen LogP) is 6.57. The Kier molecular flexibility index (Phi) is 13.7. The fourth-order valence-corrected chi connectivity index (χ4v) is 7.20. The zero-order valence-electron chi connectivity index (χ0n) is 27.9. The van der Waals surface area contributed by atoms with Crippen LogP contribution >= 0.6 is 23.2 Å². The first-order chi connectivity index (χ1) is 21.5. The topological polar surface area (TPSA) is 56.1 Å². The van der Waals surface area contributed by atoms with Crippen molar-refractivity contribution in [2.45, 2.75) is 57.7 Å². The number of piperazine rings is 1. The summed E-state index contributed by atoms with van der Waals surface area (Å²) in [7, 11) is 6.47. The molecule has 0 aliphatic carbocycles. The average molecular weight is 655 g/mol. The van der Waals surface area contributed by atoms with E-state index in [1.807, 2.05) is 30.3 Å². The molecule has 6 nitrogen and oxygen atoms in total. The van der Waals surface area contributed by atoms with Gasteiger partial charge >= 0.3 is 0 Å². The maximum Gasteiger partial charge on any atom is 0.176 e. The summed E-state index contributed by atoms with van der Waals surface area (Å²) in [4.78, 5) is 23.6. The van der Waals surface area contributed by atoms with Crippen molar-refractivity contribution >= 4 is 39.8 Å². The molecule has 0 aromatic heterocycles. The lowest BCUT2D eigenvalue weighted by molar-refractivity contribution is 0.00509. The summed E-state index contributed by atoms with van der Waals surface area (Å²) in [5.74, 6) is 0.738. The van der Waals surface area contributed by atoms with Crippen molar-refractivity contribution in [3.63, 3.8) is 0 Å². The van der Waals surface area contributed by atoms with Gasteiger partial charge in [0.1, 0.15) is 0 Å². The molecule has 1 fully saturated rings. The van der Waals surface area contributed by atoms with E-state index in [-0.39, 0.29) is 11.8 Å². The Morgan fingerprint density at radius 1 is 0.933 bits per heavy atom. The molecular formula is C37H53Cl2N5O. The van der Waals surface area contributed by atoms with Crippen LogP contribution in [0.4, 0.5) is 0 Å². The van der Waals surface area contributed by atoms with E-state index in [0.717, 1.165) is 85.3 Å². The Morgan fingerprint density at radius 2 is 1.67 bits per heavy atom. The molecule has 3 aromatic carbocycles. The molecule has 1 aliphatic heterocycles. The fraction of sp³-hybridized carbons (Fsp3) is 0.541. The van der Waals surface area contributed by atoms with Gasteiger partial charge in [-0.1, -0.05) is 79.5 Å². The van der Waals surface area contributed by atoms with Crippen molar-refractivity contribution in [3.8, 4) is 0 Å². The van der Waals surface area contributed by atoms with Crippen molar-refractivity contribution in [2.24, 2.45) is 11.7 Å². The van der Waals surface area contributed by atoms with Gasteiger partial charge in [0, 0.05) is 66.5 Å². The van der Waals surface area contributed by atoms with Crippen LogP contribution in [0.25, 0.3) is 10.8 Å². The molecule has 45 heavy (non-hydrogen) atoms. The van der Waals surface area contributed by atoms with Crippen molar-refractivity contribution in [1.29, 1.82) is 0 Å². The Bertz CT molecular complexity index is 1380. The van der Waals surface area contributed by atoms with Gasteiger partial charge in [0.15, 0.2) is 5.78 Å². The lowest BCUT2D eigenvalue weighted by Gasteiger charge is -2.48. The third-order valence-electron chi connectivity index (χ3n) is 9.32. The highest BCUT2D eigenvalue weighted by atomic mass is 35.5. The highest BCUT2D eigenvalue weighted by molar-refractivity contribution is 6.35. The Labute approximate surface area is 281 Å². The van der Waals surface area contributed by atoms with Crippen LogP contribution in [0.3, 0.4) is 0 Å². The number of halogens is 2. The van der Waals surface area contributed by atoms with Crippen molar-refractivity contribution in [2.75, 3.05) is 67.0 Å². The normalized spacial score (nSPS) is 18.8. The van der Waals surface area contributed by atoms with E-state index in [4.69, 9.17) is 28.9 Å². The SMILES string of the molecule is CC(C)C[C@@H]1CN(C[C@@H](Cc2ccc(Cl)cc2Cl)N(C)C)[C@@H](CCCN(C)CCN)CN1CC(=O)c1ccc2ccccc2c1. The summed E-state index contributed by atoms with van der Waals surface area (Å²) in [6, 6.07) is 21.2. The lowest BCUT2D eigenvalue weighted by Crippen LogP contribution is -2.61. The Morgan fingerprint density at radius 3 is 2.36 bits per heavy atom. The van der Waals surface area contributed by atoms with E-state index >= 15 is 0 Å². The molecule has 0 unspecified atom stereocenters. The van der Waals surface area contributed by atoms with Gasteiger partial charge in [0.25, 0.3) is 0 Å². The maximum atomic E-state index is 13.8. The number of hydrogen-bond donors (Lipinski definition) is 1. The molecule has 8 heteroatoms. The van der Waals surface area contributed by atoms with Crippen molar-refractivity contribution in [1.82, 2.24) is 19.6 Å². The number of nitrogens with two attached hydrogens (primary N) is 1. The molecule has 4 rings (SSSR count). The summed E-state index contributed by atoms with van der Waals surface area (Å²) in [6.07, 6.45) is 4.08. The molecule has 1 aliphatic rings. The summed E-state index contributed by atoms with van der Waals surface area (Å²) in [5, 5.41) is 3.66. The van der Waals surface area contributed by atoms with Crippen LogP contribution in [-0.4, -0.2) is 110 Å². The van der Waals surface area contributed by atoms with Gasteiger partial charge in [-0.25, -0.2) is 0 Å². The molecule has 0 amide bonds. The van der Waals surface area contributed by atoms with Crippen molar-refractivity contribution in [3.05, 3.63) is 81.8 Å². The van der Waals surface area contributed by atoms with E-state index in [1.165, 1.54) is 0 Å². The zero-order valence-corrected chi connectivity index (χ0v) is 29.4. The third kappa shape index (κ3) is 10.5. The molecular weight excluding hydrogens is 601 g/mol. The molecule has 3 atom stereocenters. The number of carbonyl (C=O) groups is 1. The summed E-state index contributed by atoms with van der Waals surface area (Å²) in [6.45, 7) is 10.4. The second kappa shape index (κ2) is 17.2. The highest BCUT2D eigenvalue weighted by Crippen LogP contribution is 2.27.